The van der Waals surface area contributed by atoms with Crippen LogP contribution in [-0.4, -0.2) is 29.8 Å². The van der Waals surface area contributed by atoms with Crippen molar-refractivity contribution in [2.45, 2.75) is 26.3 Å². The summed E-state index contributed by atoms with van der Waals surface area (Å²) in [7, 11) is 0. The highest BCUT2D eigenvalue weighted by molar-refractivity contribution is 5.94. The zero-order chi connectivity index (χ0) is 15.3. The molecular formula is C13H13F3N2O2. The molecule has 1 rings (SSSR count). The minimum absolute atomic E-state index is 0.0860. The molecule has 0 radical (unpaired) electrons. The molecule has 0 unspecified atom stereocenters. The van der Waals surface area contributed by atoms with E-state index in [0.29, 0.717) is 0 Å². The molecule has 0 aromatic heterocycles. The third-order valence-corrected chi connectivity index (χ3v) is 2.46. The van der Waals surface area contributed by atoms with Crippen LogP contribution in [0, 0.1) is 11.3 Å². The number of nitrogens with zero attached hydrogens (tertiary/aromatic N) is 2. The molecule has 7 heteroatoms. The summed E-state index contributed by atoms with van der Waals surface area (Å²) >= 11 is 0. The average Bonchev–Trinajstić information content (AvgIpc) is 2.33. The Hall–Kier alpha value is -2.23. The Labute approximate surface area is 114 Å². The third kappa shape index (κ3) is 4.46. The number of carbonyl (C=O) groups excluding carboxylic acids is 1. The second kappa shape index (κ2) is 6.28. The molecule has 108 valence electrons. The fraction of sp³-hybridized carbons (Fsp3) is 0.385. The van der Waals surface area contributed by atoms with Gasteiger partial charge in [-0.25, -0.2) is 0 Å². The van der Waals surface area contributed by atoms with Gasteiger partial charge in [0.15, 0.2) is 0 Å². The first kappa shape index (κ1) is 15.8. The van der Waals surface area contributed by atoms with Gasteiger partial charge in [-0.2, -0.15) is 5.26 Å². The first-order valence-electron chi connectivity index (χ1n) is 5.78. The van der Waals surface area contributed by atoms with E-state index in [4.69, 9.17) is 5.26 Å². The summed E-state index contributed by atoms with van der Waals surface area (Å²) in [5.41, 5.74) is 0.198. The van der Waals surface area contributed by atoms with Gasteiger partial charge in [-0.1, -0.05) is 0 Å². The van der Waals surface area contributed by atoms with Crippen molar-refractivity contribution in [3.8, 4) is 11.8 Å². The largest absolute Gasteiger partial charge is 0.573 e. The lowest BCUT2D eigenvalue weighted by Crippen LogP contribution is -2.37. The van der Waals surface area contributed by atoms with Crippen LogP contribution in [0.25, 0.3) is 0 Å². The van der Waals surface area contributed by atoms with Gasteiger partial charge in [0, 0.05) is 11.6 Å². The quantitative estimate of drug-likeness (QED) is 0.800. The number of halogens is 3. The maximum atomic E-state index is 12.1. The molecule has 1 amide bonds. The number of hydrogen-bond acceptors (Lipinski definition) is 3. The highest BCUT2D eigenvalue weighted by atomic mass is 19.4. The van der Waals surface area contributed by atoms with Crippen LogP contribution in [0.5, 0.6) is 5.75 Å². The second-order valence-electron chi connectivity index (χ2n) is 4.26. The average molecular weight is 286 g/mol. The van der Waals surface area contributed by atoms with Crippen molar-refractivity contribution in [1.29, 1.82) is 5.26 Å². The van der Waals surface area contributed by atoms with E-state index >= 15 is 0 Å². The van der Waals surface area contributed by atoms with Crippen molar-refractivity contribution in [1.82, 2.24) is 4.90 Å². The van der Waals surface area contributed by atoms with Gasteiger partial charge in [0.05, 0.1) is 6.07 Å². The number of amides is 1. The minimum atomic E-state index is -4.77. The molecule has 0 N–H and O–H groups in total. The van der Waals surface area contributed by atoms with Gasteiger partial charge in [-0.15, -0.1) is 13.2 Å². The summed E-state index contributed by atoms with van der Waals surface area (Å²) in [6.07, 6.45) is -4.77. The predicted molar refractivity (Wildman–Crippen MR) is 64.9 cm³/mol. The Morgan fingerprint density at radius 3 is 2.30 bits per heavy atom. The van der Waals surface area contributed by atoms with Crippen molar-refractivity contribution in [3.63, 3.8) is 0 Å². The number of hydrogen-bond donors (Lipinski definition) is 0. The van der Waals surface area contributed by atoms with E-state index < -0.39 is 18.0 Å². The molecule has 0 atom stereocenters. The normalized spacial score (nSPS) is 11.1. The lowest BCUT2D eigenvalue weighted by molar-refractivity contribution is -0.274. The summed E-state index contributed by atoms with van der Waals surface area (Å²) < 4.78 is 39.7. The standard InChI is InChI=1S/C13H13F3N2O2/c1-9(2)18(8-7-17)12(19)10-3-5-11(6-4-10)20-13(14,15)16/h3-6,9H,8H2,1-2H3. The van der Waals surface area contributed by atoms with Crippen LogP contribution >= 0.6 is 0 Å². The number of rotatable bonds is 4. The van der Waals surface area contributed by atoms with Crippen molar-refractivity contribution < 1.29 is 22.7 Å². The molecule has 0 aliphatic rings. The highest BCUT2D eigenvalue weighted by Gasteiger charge is 2.31. The van der Waals surface area contributed by atoms with Crippen LogP contribution in [0.1, 0.15) is 24.2 Å². The fourth-order valence-corrected chi connectivity index (χ4v) is 1.53. The lowest BCUT2D eigenvalue weighted by Gasteiger charge is -2.23. The predicted octanol–water partition coefficient (Wildman–Crippen LogP) is 2.96. The highest BCUT2D eigenvalue weighted by Crippen LogP contribution is 2.23. The Kier molecular flexibility index (Phi) is 4.97. The summed E-state index contributed by atoms with van der Waals surface area (Å²) in [5.74, 6) is -0.814. The zero-order valence-electron chi connectivity index (χ0n) is 10.9. The first-order chi connectivity index (χ1) is 9.24. The van der Waals surface area contributed by atoms with Gasteiger partial charge >= 0.3 is 6.36 Å². The number of carbonyl (C=O) groups is 1. The third-order valence-electron chi connectivity index (χ3n) is 2.46. The SMILES string of the molecule is CC(C)N(CC#N)C(=O)c1ccc(OC(F)(F)F)cc1. The first-order valence-corrected chi connectivity index (χ1v) is 5.78. The van der Waals surface area contributed by atoms with Crippen LogP contribution in [0.15, 0.2) is 24.3 Å². The smallest absolute Gasteiger partial charge is 0.406 e. The monoisotopic (exact) mass is 286 g/mol. The molecule has 0 aliphatic carbocycles. The number of ether oxygens (including phenoxy) is 1. The second-order valence-corrected chi connectivity index (χ2v) is 4.26. The van der Waals surface area contributed by atoms with E-state index in [1.807, 2.05) is 6.07 Å². The minimum Gasteiger partial charge on any atom is -0.406 e. The summed E-state index contributed by atoms with van der Waals surface area (Å²) in [6.45, 7) is 3.41. The van der Waals surface area contributed by atoms with Crippen molar-refractivity contribution in [3.05, 3.63) is 29.8 Å². The number of benzene rings is 1. The molecule has 20 heavy (non-hydrogen) atoms. The van der Waals surface area contributed by atoms with Crippen LogP contribution in [0.4, 0.5) is 13.2 Å². The molecule has 0 saturated heterocycles. The van der Waals surface area contributed by atoms with Crippen molar-refractivity contribution >= 4 is 5.91 Å². The summed E-state index contributed by atoms with van der Waals surface area (Å²) in [6, 6.07) is 6.27. The van der Waals surface area contributed by atoms with E-state index in [1.54, 1.807) is 13.8 Å². The Bertz CT molecular complexity index is 504. The zero-order valence-corrected chi connectivity index (χ0v) is 10.9. The van der Waals surface area contributed by atoms with E-state index in [-0.39, 0.29) is 18.2 Å². The van der Waals surface area contributed by atoms with E-state index in [1.165, 1.54) is 17.0 Å². The Morgan fingerprint density at radius 2 is 1.90 bits per heavy atom. The van der Waals surface area contributed by atoms with E-state index in [2.05, 4.69) is 4.74 Å². The fourth-order valence-electron chi connectivity index (χ4n) is 1.53. The lowest BCUT2D eigenvalue weighted by atomic mass is 10.1. The Morgan fingerprint density at radius 1 is 1.35 bits per heavy atom. The number of nitriles is 1. The molecule has 4 nitrogen and oxygen atoms in total. The topological polar surface area (TPSA) is 53.3 Å². The Balaban J connectivity index is 2.87. The van der Waals surface area contributed by atoms with Gasteiger partial charge in [-0.3, -0.25) is 4.79 Å². The van der Waals surface area contributed by atoms with E-state index in [9.17, 15) is 18.0 Å². The van der Waals surface area contributed by atoms with Crippen molar-refractivity contribution in [2.24, 2.45) is 0 Å². The van der Waals surface area contributed by atoms with Crippen molar-refractivity contribution in [2.75, 3.05) is 6.54 Å². The molecule has 0 bridgehead atoms. The summed E-state index contributed by atoms with van der Waals surface area (Å²) in [5, 5.41) is 8.66. The molecule has 0 spiro atoms. The van der Waals surface area contributed by atoms with Gasteiger partial charge < -0.3 is 9.64 Å². The van der Waals surface area contributed by atoms with Gasteiger partial charge in [-0.05, 0) is 38.1 Å². The van der Waals surface area contributed by atoms with Gasteiger partial charge in [0.2, 0.25) is 0 Å². The molecule has 0 heterocycles. The van der Waals surface area contributed by atoms with Crippen LogP contribution < -0.4 is 4.74 Å². The van der Waals surface area contributed by atoms with Crippen LogP contribution in [0.3, 0.4) is 0 Å². The molecule has 1 aromatic rings. The van der Waals surface area contributed by atoms with Gasteiger partial charge in [0.1, 0.15) is 12.3 Å². The molecular weight excluding hydrogens is 273 g/mol. The maximum absolute atomic E-state index is 12.1. The number of alkyl halides is 3. The van der Waals surface area contributed by atoms with Crippen LogP contribution in [-0.2, 0) is 0 Å². The molecule has 1 aromatic carbocycles. The molecule has 0 saturated carbocycles. The van der Waals surface area contributed by atoms with Gasteiger partial charge in [0.25, 0.3) is 5.91 Å². The van der Waals surface area contributed by atoms with E-state index in [0.717, 1.165) is 12.1 Å². The summed E-state index contributed by atoms with van der Waals surface area (Å²) in [4.78, 5) is 13.4. The molecule has 0 aliphatic heterocycles. The maximum Gasteiger partial charge on any atom is 0.573 e. The molecule has 0 fully saturated rings. The van der Waals surface area contributed by atoms with Crippen LogP contribution in [0.2, 0.25) is 0 Å².